The molecule has 1 N–H and O–H groups in total. The van der Waals surface area contributed by atoms with Crippen LogP contribution >= 0.6 is 0 Å². The van der Waals surface area contributed by atoms with E-state index in [-0.39, 0.29) is 5.56 Å². The Morgan fingerprint density at radius 1 is 0.844 bits per heavy atom. The van der Waals surface area contributed by atoms with Crippen LogP contribution < -0.4 is 4.74 Å². The summed E-state index contributed by atoms with van der Waals surface area (Å²) in [6.07, 6.45) is 3.05. The van der Waals surface area contributed by atoms with Crippen LogP contribution in [-0.2, 0) is 0 Å². The normalized spacial score (nSPS) is 10.9. The highest BCUT2D eigenvalue weighted by molar-refractivity contribution is 5.95. The maximum Gasteiger partial charge on any atom is 0.341 e. The molecule has 0 bridgehead atoms. The number of hydrogen-bond acceptors (Lipinski definition) is 4. The Labute approximate surface area is 184 Å². The minimum Gasteiger partial charge on any atom is -0.497 e. The van der Waals surface area contributed by atoms with Gasteiger partial charge in [0.2, 0.25) is 0 Å². The van der Waals surface area contributed by atoms with Crippen molar-refractivity contribution in [3.05, 3.63) is 96.8 Å². The van der Waals surface area contributed by atoms with Crippen molar-refractivity contribution in [2.45, 2.75) is 0 Å². The molecule has 5 aromatic rings. The molecular formula is C26H19N3O3. The van der Waals surface area contributed by atoms with Gasteiger partial charge in [0.15, 0.2) is 5.65 Å². The predicted octanol–water partition coefficient (Wildman–Crippen LogP) is 5.44. The number of carboxylic acids is 1. The van der Waals surface area contributed by atoms with Gasteiger partial charge in [-0.25, -0.2) is 14.3 Å². The Balaban J connectivity index is 1.66. The van der Waals surface area contributed by atoms with Crippen LogP contribution in [0.5, 0.6) is 5.75 Å². The van der Waals surface area contributed by atoms with Gasteiger partial charge >= 0.3 is 5.97 Å². The fourth-order valence-electron chi connectivity index (χ4n) is 3.81. The van der Waals surface area contributed by atoms with E-state index < -0.39 is 5.97 Å². The van der Waals surface area contributed by atoms with E-state index in [1.165, 1.54) is 6.20 Å². The summed E-state index contributed by atoms with van der Waals surface area (Å²) >= 11 is 0. The number of fused-ring (bicyclic) bond motifs is 1. The fourth-order valence-corrected chi connectivity index (χ4v) is 3.81. The molecule has 2 aromatic heterocycles. The molecule has 2 heterocycles. The molecule has 0 radical (unpaired) electrons. The lowest BCUT2D eigenvalue weighted by molar-refractivity contribution is 0.0698. The van der Waals surface area contributed by atoms with Gasteiger partial charge in [-0.2, -0.15) is 5.10 Å². The van der Waals surface area contributed by atoms with Crippen LogP contribution in [-0.4, -0.2) is 32.8 Å². The van der Waals surface area contributed by atoms with Gasteiger partial charge < -0.3 is 9.84 Å². The highest BCUT2D eigenvalue weighted by Gasteiger charge is 2.19. The summed E-state index contributed by atoms with van der Waals surface area (Å²) in [5.41, 5.74) is 6.04. The smallest absolute Gasteiger partial charge is 0.341 e. The first kappa shape index (κ1) is 19.5. The molecule has 156 valence electrons. The number of carbonyl (C=O) groups is 1. The van der Waals surface area contributed by atoms with E-state index in [1.54, 1.807) is 17.8 Å². The summed E-state index contributed by atoms with van der Waals surface area (Å²) in [5, 5.41) is 13.8. The van der Waals surface area contributed by atoms with Crippen molar-refractivity contribution in [2.24, 2.45) is 0 Å². The standard InChI is InChI=1S/C26H19N3O3/c1-32-21-9-5-8-20(14-21)17-10-12-18(13-11-17)22-15-27-25-23(26(30)31)16-28-29(25)24(22)19-6-3-2-4-7-19/h2-16H,1H3,(H,30,31). The van der Waals surface area contributed by atoms with Gasteiger partial charge in [0, 0.05) is 17.3 Å². The summed E-state index contributed by atoms with van der Waals surface area (Å²) < 4.78 is 6.94. The number of benzene rings is 3. The third-order valence-electron chi connectivity index (χ3n) is 5.40. The predicted molar refractivity (Wildman–Crippen MR) is 123 cm³/mol. The molecule has 0 aliphatic rings. The summed E-state index contributed by atoms with van der Waals surface area (Å²) in [7, 11) is 1.65. The zero-order valence-corrected chi connectivity index (χ0v) is 17.3. The average molecular weight is 421 g/mol. The maximum atomic E-state index is 11.6. The topological polar surface area (TPSA) is 76.7 Å². The monoisotopic (exact) mass is 421 g/mol. The minimum absolute atomic E-state index is 0.0714. The molecule has 0 spiro atoms. The lowest BCUT2D eigenvalue weighted by atomic mass is 9.97. The number of ether oxygens (including phenoxy) is 1. The first-order valence-electron chi connectivity index (χ1n) is 10.1. The van der Waals surface area contributed by atoms with Crippen molar-refractivity contribution in [3.8, 4) is 39.3 Å². The summed E-state index contributed by atoms with van der Waals surface area (Å²) in [6.45, 7) is 0. The maximum absolute atomic E-state index is 11.6. The minimum atomic E-state index is -1.05. The first-order valence-corrected chi connectivity index (χ1v) is 10.1. The SMILES string of the molecule is COc1cccc(-c2ccc(-c3cnc4c(C(=O)O)cnn4c3-c3ccccc3)cc2)c1. The number of nitrogens with zero attached hydrogens (tertiary/aromatic N) is 3. The molecule has 0 atom stereocenters. The van der Waals surface area contributed by atoms with Crippen LogP contribution in [0.15, 0.2) is 91.3 Å². The molecule has 0 aliphatic heterocycles. The lowest BCUT2D eigenvalue weighted by Gasteiger charge is -2.13. The molecule has 6 nitrogen and oxygen atoms in total. The molecule has 0 saturated heterocycles. The highest BCUT2D eigenvalue weighted by atomic mass is 16.5. The van der Waals surface area contributed by atoms with Crippen molar-refractivity contribution in [2.75, 3.05) is 7.11 Å². The van der Waals surface area contributed by atoms with Crippen LogP contribution in [0.3, 0.4) is 0 Å². The molecule has 0 aliphatic carbocycles. The first-order chi connectivity index (χ1) is 15.7. The lowest BCUT2D eigenvalue weighted by Crippen LogP contribution is -2.02. The van der Waals surface area contributed by atoms with Gasteiger partial charge in [-0.1, -0.05) is 66.7 Å². The molecule has 0 amide bonds. The summed E-state index contributed by atoms with van der Waals surface area (Å²) in [6, 6.07) is 25.9. The number of aromatic carboxylic acids is 1. The van der Waals surface area contributed by atoms with Crippen LogP contribution in [0.25, 0.3) is 39.2 Å². The van der Waals surface area contributed by atoms with Crippen LogP contribution in [0.4, 0.5) is 0 Å². The van der Waals surface area contributed by atoms with Crippen molar-refractivity contribution in [3.63, 3.8) is 0 Å². The van der Waals surface area contributed by atoms with Gasteiger partial charge in [0.25, 0.3) is 0 Å². The molecule has 6 heteroatoms. The highest BCUT2D eigenvalue weighted by Crippen LogP contribution is 2.34. The van der Waals surface area contributed by atoms with Gasteiger partial charge in [-0.3, -0.25) is 0 Å². The Morgan fingerprint density at radius 3 is 2.28 bits per heavy atom. The third kappa shape index (κ3) is 3.37. The Bertz CT molecular complexity index is 1420. The van der Waals surface area contributed by atoms with Gasteiger partial charge in [-0.05, 0) is 28.8 Å². The van der Waals surface area contributed by atoms with E-state index in [1.807, 2.05) is 66.7 Å². The van der Waals surface area contributed by atoms with E-state index in [0.717, 1.165) is 39.3 Å². The zero-order valence-electron chi connectivity index (χ0n) is 17.3. The molecule has 0 unspecified atom stereocenters. The molecule has 3 aromatic carbocycles. The van der Waals surface area contributed by atoms with Gasteiger partial charge in [0.1, 0.15) is 11.3 Å². The number of hydrogen-bond donors (Lipinski definition) is 1. The second-order valence-electron chi connectivity index (χ2n) is 7.29. The van der Waals surface area contributed by atoms with Gasteiger partial charge in [0.05, 0.1) is 19.0 Å². The number of rotatable bonds is 5. The largest absolute Gasteiger partial charge is 0.497 e. The van der Waals surface area contributed by atoms with E-state index in [2.05, 4.69) is 22.2 Å². The summed E-state index contributed by atoms with van der Waals surface area (Å²) in [4.78, 5) is 16.0. The van der Waals surface area contributed by atoms with Crippen LogP contribution in [0.1, 0.15) is 10.4 Å². The molecule has 0 saturated carbocycles. The van der Waals surface area contributed by atoms with E-state index in [0.29, 0.717) is 5.65 Å². The molecular weight excluding hydrogens is 402 g/mol. The van der Waals surface area contributed by atoms with Crippen molar-refractivity contribution in [1.29, 1.82) is 0 Å². The molecule has 32 heavy (non-hydrogen) atoms. The third-order valence-corrected chi connectivity index (χ3v) is 5.40. The average Bonchev–Trinajstić information content (AvgIpc) is 3.29. The van der Waals surface area contributed by atoms with E-state index in [4.69, 9.17) is 4.74 Å². The number of methoxy groups -OCH3 is 1. The summed E-state index contributed by atoms with van der Waals surface area (Å²) in [5.74, 6) is -0.248. The van der Waals surface area contributed by atoms with E-state index >= 15 is 0 Å². The quantitative estimate of drug-likeness (QED) is 0.409. The van der Waals surface area contributed by atoms with Crippen molar-refractivity contribution < 1.29 is 14.6 Å². The Kier molecular flexibility index (Phi) is 4.88. The van der Waals surface area contributed by atoms with Crippen molar-refractivity contribution in [1.82, 2.24) is 14.6 Å². The van der Waals surface area contributed by atoms with Gasteiger partial charge in [-0.15, -0.1) is 0 Å². The Morgan fingerprint density at radius 2 is 1.56 bits per heavy atom. The Hall–Kier alpha value is -4.45. The number of aromatic nitrogens is 3. The number of carboxylic acid groups (broad SMARTS) is 1. The van der Waals surface area contributed by atoms with Crippen molar-refractivity contribution >= 4 is 11.6 Å². The van der Waals surface area contributed by atoms with E-state index in [9.17, 15) is 9.90 Å². The zero-order chi connectivity index (χ0) is 22.1. The second-order valence-corrected chi connectivity index (χ2v) is 7.29. The molecule has 0 fully saturated rings. The van der Waals surface area contributed by atoms with Crippen LogP contribution in [0.2, 0.25) is 0 Å². The fraction of sp³-hybridized carbons (Fsp3) is 0.0385. The second kappa shape index (κ2) is 8.00. The molecule has 5 rings (SSSR count). The van der Waals surface area contributed by atoms with Crippen LogP contribution in [0, 0.1) is 0 Å².